The highest BCUT2D eigenvalue weighted by atomic mass is 19.4. The second-order valence-corrected chi connectivity index (χ2v) is 5.67. The third kappa shape index (κ3) is 6.35. The summed E-state index contributed by atoms with van der Waals surface area (Å²) >= 11 is 0. The van der Waals surface area contributed by atoms with Gasteiger partial charge in [0.05, 0.1) is 0 Å². The zero-order valence-electron chi connectivity index (χ0n) is 12.9. The number of hydrogen-bond acceptors (Lipinski definition) is 3. The van der Waals surface area contributed by atoms with E-state index in [2.05, 4.69) is 27.0 Å². The van der Waals surface area contributed by atoms with Gasteiger partial charge in [-0.15, -0.1) is 13.2 Å². The SMILES string of the molecule is CN1CCC(CN=C(N)Nc2ccc(OC(F)(F)F)cc2)CC1. The Kier molecular flexibility index (Phi) is 5.70. The predicted octanol–water partition coefficient (Wildman–Crippen LogP) is 2.65. The van der Waals surface area contributed by atoms with E-state index in [-0.39, 0.29) is 11.7 Å². The van der Waals surface area contributed by atoms with Gasteiger partial charge in [0.25, 0.3) is 0 Å². The molecule has 3 N–H and O–H groups in total. The standard InChI is InChI=1S/C15H21F3N4O/c1-22-8-6-11(7-9-22)10-20-14(19)21-12-2-4-13(5-3-12)23-15(16,17)18/h2-5,11H,6-10H2,1H3,(H3,19,20,21). The molecular weight excluding hydrogens is 309 g/mol. The van der Waals surface area contributed by atoms with Crippen molar-refractivity contribution in [3.63, 3.8) is 0 Å². The highest BCUT2D eigenvalue weighted by Crippen LogP contribution is 2.24. The number of rotatable bonds is 4. The molecule has 0 spiro atoms. The van der Waals surface area contributed by atoms with Crippen LogP contribution in [0, 0.1) is 5.92 Å². The highest BCUT2D eigenvalue weighted by molar-refractivity contribution is 5.92. The van der Waals surface area contributed by atoms with Crippen LogP contribution in [0.15, 0.2) is 29.3 Å². The summed E-state index contributed by atoms with van der Waals surface area (Å²) in [6, 6.07) is 5.36. The van der Waals surface area contributed by atoms with Crippen LogP contribution in [-0.4, -0.2) is 43.9 Å². The van der Waals surface area contributed by atoms with E-state index in [1.807, 2.05) is 0 Å². The quantitative estimate of drug-likeness (QED) is 0.658. The summed E-state index contributed by atoms with van der Waals surface area (Å²) in [5, 5.41) is 2.86. The van der Waals surface area contributed by atoms with Gasteiger partial charge in [-0.1, -0.05) is 0 Å². The van der Waals surface area contributed by atoms with Crippen molar-refractivity contribution in [2.45, 2.75) is 19.2 Å². The first-order chi connectivity index (χ1) is 10.8. The second-order valence-electron chi connectivity index (χ2n) is 5.67. The largest absolute Gasteiger partial charge is 0.573 e. The Bertz CT molecular complexity index is 523. The van der Waals surface area contributed by atoms with E-state index in [9.17, 15) is 13.2 Å². The maximum Gasteiger partial charge on any atom is 0.573 e. The van der Waals surface area contributed by atoms with Crippen molar-refractivity contribution in [2.75, 3.05) is 32.0 Å². The molecule has 2 rings (SSSR count). The van der Waals surface area contributed by atoms with E-state index < -0.39 is 6.36 Å². The first-order valence-corrected chi connectivity index (χ1v) is 7.43. The lowest BCUT2D eigenvalue weighted by molar-refractivity contribution is -0.274. The normalized spacial score (nSPS) is 18.0. The number of nitrogens with zero attached hydrogens (tertiary/aromatic N) is 2. The molecule has 0 aliphatic carbocycles. The third-order valence-corrected chi connectivity index (χ3v) is 3.72. The average molecular weight is 330 g/mol. The Morgan fingerprint density at radius 1 is 1.30 bits per heavy atom. The van der Waals surface area contributed by atoms with Crippen molar-refractivity contribution in [1.82, 2.24) is 4.90 Å². The van der Waals surface area contributed by atoms with Gasteiger partial charge in [-0.3, -0.25) is 4.99 Å². The molecule has 1 saturated heterocycles. The minimum Gasteiger partial charge on any atom is -0.406 e. The molecule has 23 heavy (non-hydrogen) atoms. The van der Waals surface area contributed by atoms with E-state index in [4.69, 9.17) is 5.73 Å². The van der Waals surface area contributed by atoms with Crippen LogP contribution in [-0.2, 0) is 0 Å². The lowest BCUT2D eigenvalue weighted by Gasteiger charge is -2.27. The minimum atomic E-state index is -4.69. The van der Waals surface area contributed by atoms with Crippen molar-refractivity contribution in [1.29, 1.82) is 0 Å². The summed E-state index contributed by atoms with van der Waals surface area (Å²) in [6.07, 6.45) is -2.50. The van der Waals surface area contributed by atoms with Crippen LogP contribution in [0.4, 0.5) is 18.9 Å². The molecule has 1 aromatic carbocycles. The Morgan fingerprint density at radius 3 is 2.48 bits per heavy atom. The van der Waals surface area contributed by atoms with E-state index in [0.717, 1.165) is 25.9 Å². The number of hydrogen-bond donors (Lipinski definition) is 2. The summed E-state index contributed by atoms with van der Waals surface area (Å²) in [5.41, 5.74) is 6.37. The van der Waals surface area contributed by atoms with Gasteiger partial charge in [-0.2, -0.15) is 0 Å². The van der Waals surface area contributed by atoms with Gasteiger partial charge in [0.15, 0.2) is 5.96 Å². The summed E-state index contributed by atoms with van der Waals surface area (Å²) in [4.78, 5) is 6.59. The number of anilines is 1. The van der Waals surface area contributed by atoms with Crippen LogP contribution in [0.2, 0.25) is 0 Å². The molecule has 1 aliphatic rings. The van der Waals surface area contributed by atoms with E-state index in [1.165, 1.54) is 24.3 Å². The van der Waals surface area contributed by atoms with Crippen LogP contribution >= 0.6 is 0 Å². The second kappa shape index (κ2) is 7.54. The maximum absolute atomic E-state index is 12.1. The molecule has 0 radical (unpaired) electrons. The highest BCUT2D eigenvalue weighted by Gasteiger charge is 2.30. The average Bonchev–Trinajstić information content (AvgIpc) is 2.47. The Balaban J connectivity index is 1.82. The third-order valence-electron chi connectivity index (χ3n) is 3.72. The van der Waals surface area contributed by atoms with Gasteiger partial charge in [0, 0.05) is 12.2 Å². The molecule has 8 heteroatoms. The molecule has 1 heterocycles. The molecule has 0 unspecified atom stereocenters. The number of likely N-dealkylation sites (tertiary alicyclic amines) is 1. The summed E-state index contributed by atoms with van der Waals surface area (Å²) in [7, 11) is 2.10. The van der Waals surface area contributed by atoms with Crippen LogP contribution in [0.25, 0.3) is 0 Å². The lowest BCUT2D eigenvalue weighted by atomic mass is 9.97. The van der Waals surface area contributed by atoms with Gasteiger partial charge < -0.3 is 20.7 Å². The number of halogens is 3. The van der Waals surface area contributed by atoms with E-state index in [1.54, 1.807) is 0 Å². The maximum atomic E-state index is 12.1. The Labute approximate surface area is 133 Å². The number of guanidine groups is 1. The van der Waals surface area contributed by atoms with Gasteiger partial charge in [0.2, 0.25) is 0 Å². The van der Waals surface area contributed by atoms with Crippen molar-refractivity contribution in [3.8, 4) is 5.75 Å². The summed E-state index contributed by atoms with van der Waals surface area (Å²) in [6.45, 7) is 2.78. The number of ether oxygens (including phenoxy) is 1. The van der Waals surface area contributed by atoms with Crippen LogP contribution in [0.3, 0.4) is 0 Å². The lowest BCUT2D eigenvalue weighted by Crippen LogP contribution is -2.32. The number of piperidine rings is 1. The predicted molar refractivity (Wildman–Crippen MR) is 83.5 cm³/mol. The minimum absolute atomic E-state index is 0.258. The Hall–Kier alpha value is -1.96. The van der Waals surface area contributed by atoms with E-state index in [0.29, 0.717) is 18.2 Å². The van der Waals surface area contributed by atoms with Gasteiger partial charge in [0.1, 0.15) is 5.75 Å². The van der Waals surface area contributed by atoms with Crippen LogP contribution < -0.4 is 15.8 Å². The van der Waals surface area contributed by atoms with Gasteiger partial charge in [-0.25, -0.2) is 0 Å². The fraction of sp³-hybridized carbons (Fsp3) is 0.533. The molecule has 0 bridgehead atoms. The van der Waals surface area contributed by atoms with Gasteiger partial charge >= 0.3 is 6.36 Å². The topological polar surface area (TPSA) is 62.9 Å². The summed E-state index contributed by atoms with van der Waals surface area (Å²) in [5.74, 6) is 0.507. The van der Waals surface area contributed by atoms with E-state index >= 15 is 0 Å². The summed E-state index contributed by atoms with van der Waals surface area (Å²) < 4.78 is 40.0. The van der Waals surface area contributed by atoms with Crippen molar-refractivity contribution in [2.24, 2.45) is 16.6 Å². The van der Waals surface area contributed by atoms with Crippen LogP contribution in [0.1, 0.15) is 12.8 Å². The molecule has 0 saturated carbocycles. The Morgan fingerprint density at radius 2 is 1.91 bits per heavy atom. The zero-order chi connectivity index (χ0) is 16.9. The number of aliphatic imine (C=N–C) groups is 1. The monoisotopic (exact) mass is 330 g/mol. The van der Waals surface area contributed by atoms with Crippen LogP contribution in [0.5, 0.6) is 5.75 Å². The molecule has 1 aliphatic heterocycles. The van der Waals surface area contributed by atoms with Gasteiger partial charge in [-0.05, 0) is 63.2 Å². The molecule has 1 aromatic rings. The number of benzene rings is 1. The number of nitrogens with two attached hydrogens (primary N) is 1. The molecule has 128 valence electrons. The van der Waals surface area contributed by atoms with Crippen molar-refractivity contribution in [3.05, 3.63) is 24.3 Å². The number of alkyl halides is 3. The van der Waals surface area contributed by atoms with Crippen molar-refractivity contribution < 1.29 is 17.9 Å². The first kappa shape index (κ1) is 17.4. The zero-order valence-corrected chi connectivity index (χ0v) is 12.9. The molecule has 5 nitrogen and oxygen atoms in total. The smallest absolute Gasteiger partial charge is 0.406 e. The molecular formula is C15H21F3N4O. The molecule has 0 aromatic heterocycles. The fourth-order valence-electron chi connectivity index (χ4n) is 2.40. The fourth-order valence-corrected chi connectivity index (χ4v) is 2.40. The molecule has 1 fully saturated rings. The molecule has 0 amide bonds. The molecule has 0 atom stereocenters. The number of nitrogens with one attached hydrogen (secondary N) is 1. The first-order valence-electron chi connectivity index (χ1n) is 7.43. The van der Waals surface area contributed by atoms with Crippen molar-refractivity contribution >= 4 is 11.6 Å².